The fourth-order valence-corrected chi connectivity index (χ4v) is 4.12. The van der Waals surface area contributed by atoms with Crippen molar-refractivity contribution in [3.8, 4) is 11.5 Å². The van der Waals surface area contributed by atoms with Crippen molar-refractivity contribution in [2.45, 2.75) is 38.5 Å². The molecule has 0 saturated carbocycles. The van der Waals surface area contributed by atoms with Crippen LogP contribution in [0.4, 0.5) is 0 Å². The predicted octanol–water partition coefficient (Wildman–Crippen LogP) is 2.56. The number of hydrogen-bond donors (Lipinski definition) is 2. The monoisotopic (exact) mass is 393 g/mol. The molecular formula is C17H19N3O4S2. The zero-order valence-corrected chi connectivity index (χ0v) is 16.3. The third kappa shape index (κ3) is 4.05. The Labute approximate surface area is 160 Å². The van der Waals surface area contributed by atoms with Crippen LogP contribution in [0, 0.1) is 6.92 Å². The van der Waals surface area contributed by atoms with Crippen LogP contribution in [0.15, 0.2) is 12.1 Å². The van der Waals surface area contributed by atoms with E-state index in [-0.39, 0.29) is 22.8 Å². The number of esters is 2. The van der Waals surface area contributed by atoms with Crippen LogP contribution in [0.1, 0.15) is 46.3 Å². The number of hydrogen-bond acceptors (Lipinski definition) is 9. The van der Waals surface area contributed by atoms with Gasteiger partial charge in [-0.05, 0) is 43.1 Å². The van der Waals surface area contributed by atoms with Gasteiger partial charge in [-0.15, -0.1) is 21.5 Å². The van der Waals surface area contributed by atoms with Crippen molar-refractivity contribution in [1.82, 2.24) is 15.5 Å². The standard InChI is InChI=1S/C17H19N3O4S2/c1-8-19-20-17(26-8)16(25)15-12-7-14(24-10(3)22)13(23-9(2)21)6-11(12)4-5-18-15/h6-7,15-16,18,25H,4-5H2,1-3H3. The van der Waals surface area contributed by atoms with Crippen molar-refractivity contribution < 1.29 is 19.1 Å². The molecule has 7 nitrogen and oxygen atoms in total. The van der Waals surface area contributed by atoms with Crippen LogP contribution in [0.25, 0.3) is 0 Å². The summed E-state index contributed by atoms with van der Waals surface area (Å²) in [4.78, 5) is 22.8. The Bertz CT molecular complexity index is 853. The summed E-state index contributed by atoms with van der Waals surface area (Å²) in [6.07, 6.45) is 0.760. The number of rotatable bonds is 4. The van der Waals surface area contributed by atoms with Gasteiger partial charge in [0, 0.05) is 13.8 Å². The molecule has 9 heteroatoms. The molecule has 1 aliphatic rings. The Kier molecular flexibility index (Phi) is 5.59. The molecule has 2 unspecified atom stereocenters. The minimum absolute atomic E-state index is 0.130. The summed E-state index contributed by atoms with van der Waals surface area (Å²) in [5.41, 5.74) is 1.96. The van der Waals surface area contributed by atoms with E-state index < -0.39 is 11.9 Å². The second-order valence-corrected chi connectivity index (χ2v) is 7.74. The number of nitrogens with zero attached hydrogens (tertiary/aromatic N) is 2. The molecule has 1 aromatic heterocycles. The molecule has 0 spiro atoms. The molecule has 0 saturated heterocycles. The normalized spacial score (nSPS) is 17.3. The molecule has 2 heterocycles. The Morgan fingerprint density at radius 1 is 1.23 bits per heavy atom. The highest BCUT2D eigenvalue weighted by Gasteiger charge is 2.30. The number of aromatic nitrogens is 2. The number of ether oxygens (including phenoxy) is 2. The average molecular weight is 393 g/mol. The molecule has 2 aromatic rings. The van der Waals surface area contributed by atoms with Gasteiger partial charge in [0.2, 0.25) is 0 Å². The zero-order valence-electron chi connectivity index (χ0n) is 14.6. The van der Waals surface area contributed by atoms with E-state index in [2.05, 4.69) is 15.5 Å². The fourth-order valence-electron chi connectivity index (χ4n) is 2.92. The Balaban J connectivity index is 2.02. The number of carbonyl (C=O) groups is 2. The zero-order chi connectivity index (χ0) is 18.8. The van der Waals surface area contributed by atoms with Gasteiger partial charge in [0.15, 0.2) is 11.5 Å². The minimum atomic E-state index is -0.485. The van der Waals surface area contributed by atoms with E-state index in [1.165, 1.54) is 25.2 Å². The lowest BCUT2D eigenvalue weighted by Gasteiger charge is -2.30. The van der Waals surface area contributed by atoms with Crippen molar-refractivity contribution >= 4 is 35.9 Å². The van der Waals surface area contributed by atoms with Gasteiger partial charge in [0.25, 0.3) is 0 Å². The van der Waals surface area contributed by atoms with Crippen molar-refractivity contribution in [3.63, 3.8) is 0 Å². The number of benzene rings is 1. The van der Waals surface area contributed by atoms with E-state index in [4.69, 9.17) is 22.1 Å². The largest absolute Gasteiger partial charge is 0.423 e. The first-order valence-electron chi connectivity index (χ1n) is 8.10. The van der Waals surface area contributed by atoms with Crippen molar-refractivity contribution in [3.05, 3.63) is 33.3 Å². The van der Waals surface area contributed by atoms with Gasteiger partial charge in [-0.25, -0.2) is 0 Å². The Hall–Kier alpha value is -1.97. The van der Waals surface area contributed by atoms with Crippen LogP contribution < -0.4 is 14.8 Å². The third-order valence-corrected chi connectivity index (χ3v) is 5.56. The highest BCUT2D eigenvalue weighted by atomic mass is 32.1. The van der Waals surface area contributed by atoms with Crippen LogP contribution in [0.3, 0.4) is 0 Å². The molecule has 3 rings (SSSR count). The van der Waals surface area contributed by atoms with E-state index in [1.807, 2.05) is 6.92 Å². The number of nitrogens with one attached hydrogen (secondary N) is 1. The second-order valence-electron chi connectivity index (χ2n) is 5.97. The Morgan fingerprint density at radius 2 is 1.88 bits per heavy atom. The highest BCUT2D eigenvalue weighted by Crippen LogP contribution is 2.42. The molecule has 0 amide bonds. The first-order valence-corrected chi connectivity index (χ1v) is 9.43. The van der Waals surface area contributed by atoms with E-state index in [9.17, 15) is 9.59 Å². The van der Waals surface area contributed by atoms with Gasteiger partial charge in [-0.1, -0.05) is 0 Å². The SMILES string of the molecule is CC(=O)Oc1cc2c(cc1OC(C)=O)C(C(S)c1nnc(C)s1)NCC2. The van der Waals surface area contributed by atoms with Crippen molar-refractivity contribution in [2.75, 3.05) is 6.54 Å². The summed E-state index contributed by atoms with van der Waals surface area (Å²) >= 11 is 6.24. The van der Waals surface area contributed by atoms with E-state index in [1.54, 1.807) is 12.1 Å². The topological polar surface area (TPSA) is 90.4 Å². The van der Waals surface area contributed by atoms with Gasteiger partial charge in [0.1, 0.15) is 10.0 Å². The summed E-state index contributed by atoms with van der Waals surface area (Å²) in [6.45, 7) is 5.26. The summed E-state index contributed by atoms with van der Waals surface area (Å²) in [7, 11) is 0. The number of aryl methyl sites for hydroxylation is 1. The molecule has 138 valence electrons. The maximum absolute atomic E-state index is 11.4. The summed E-state index contributed by atoms with van der Waals surface area (Å²) in [5.74, 6) is -0.496. The van der Waals surface area contributed by atoms with Crippen molar-refractivity contribution in [2.24, 2.45) is 0 Å². The van der Waals surface area contributed by atoms with Crippen LogP contribution >= 0.6 is 24.0 Å². The van der Waals surface area contributed by atoms with Gasteiger partial charge in [0.05, 0.1) is 11.3 Å². The van der Waals surface area contributed by atoms with Crippen molar-refractivity contribution in [1.29, 1.82) is 0 Å². The molecule has 0 bridgehead atoms. The molecular weight excluding hydrogens is 374 g/mol. The van der Waals surface area contributed by atoms with E-state index in [0.717, 1.165) is 34.1 Å². The predicted molar refractivity (Wildman–Crippen MR) is 99.9 cm³/mol. The van der Waals surface area contributed by atoms with Crippen LogP contribution in [0.5, 0.6) is 11.5 Å². The minimum Gasteiger partial charge on any atom is -0.423 e. The lowest BCUT2D eigenvalue weighted by molar-refractivity contribution is -0.134. The first kappa shape index (κ1) is 18.8. The molecule has 1 N–H and O–H groups in total. The summed E-state index contributed by atoms with van der Waals surface area (Å²) in [5, 5.41) is 13.2. The smallest absolute Gasteiger partial charge is 0.308 e. The van der Waals surface area contributed by atoms with Crippen LogP contribution in [-0.4, -0.2) is 28.7 Å². The molecule has 1 aromatic carbocycles. The van der Waals surface area contributed by atoms with E-state index >= 15 is 0 Å². The molecule has 1 aliphatic heterocycles. The van der Waals surface area contributed by atoms with Gasteiger partial charge in [-0.2, -0.15) is 12.6 Å². The highest BCUT2D eigenvalue weighted by molar-refractivity contribution is 7.80. The molecule has 0 aliphatic carbocycles. The Morgan fingerprint density at radius 3 is 2.46 bits per heavy atom. The van der Waals surface area contributed by atoms with Gasteiger partial charge < -0.3 is 14.8 Å². The second kappa shape index (κ2) is 7.73. The van der Waals surface area contributed by atoms with Crippen LogP contribution in [0.2, 0.25) is 0 Å². The van der Waals surface area contributed by atoms with Crippen LogP contribution in [-0.2, 0) is 16.0 Å². The quantitative estimate of drug-likeness (QED) is 0.469. The first-order chi connectivity index (χ1) is 12.3. The fraction of sp³-hybridized carbons (Fsp3) is 0.412. The number of thiol groups is 1. The lowest BCUT2D eigenvalue weighted by atomic mass is 9.91. The lowest BCUT2D eigenvalue weighted by Crippen LogP contribution is -2.32. The summed E-state index contributed by atoms with van der Waals surface area (Å²) < 4.78 is 10.5. The molecule has 2 atom stereocenters. The van der Waals surface area contributed by atoms with E-state index in [0.29, 0.717) is 0 Å². The molecule has 0 radical (unpaired) electrons. The maximum atomic E-state index is 11.4. The number of fused-ring (bicyclic) bond motifs is 1. The van der Waals surface area contributed by atoms with Gasteiger partial charge >= 0.3 is 11.9 Å². The van der Waals surface area contributed by atoms with Gasteiger partial charge in [-0.3, -0.25) is 9.59 Å². The molecule has 26 heavy (non-hydrogen) atoms. The molecule has 0 fully saturated rings. The average Bonchev–Trinajstić information content (AvgIpc) is 2.99. The summed E-state index contributed by atoms with van der Waals surface area (Å²) in [6, 6.07) is 3.37. The number of carbonyl (C=O) groups excluding carboxylic acids is 2. The third-order valence-electron chi connectivity index (χ3n) is 3.92. The maximum Gasteiger partial charge on any atom is 0.308 e.